The number of nitrogens with one attached hydrogen (secondary N) is 2. The standard InChI is InChI=1S/C34H31F2N5O4S/c1-18-20-10-12-25(22(20)9-8-21(18)33(44)45-34(2,3)4)39-32(43)28-15-27(31(42)37-17-19-7-11-23(35)24(36)14-19)38-30-16-26(40-41(28)30)29-6-5-13-46-29/h5-9,11,13-16,25H,10,12,17H2,1-4H3,(H,37,42)(H,39,43)/t25-/m0/s1. The van der Waals surface area contributed by atoms with E-state index in [1.54, 1.807) is 12.1 Å². The van der Waals surface area contributed by atoms with Crippen LogP contribution in [0.3, 0.4) is 0 Å². The molecule has 1 atom stereocenters. The Labute approximate surface area is 267 Å². The molecule has 9 nitrogen and oxygen atoms in total. The summed E-state index contributed by atoms with van der Waals surface area (Å²) in [7, 11) is 0. The number of thiophene rings is 1. The van der Waals surface area contributed by atoms with Crippen molar-refractivity contribution in [2.24, 2.45) is 0 Å². The number of rotatable bonds is 7. The second-order valence-corrected chi connectivity index (χ2v) is 13.1. The average Bonchev–Trinajstić information content (AvgIpc) is 3.76. The summed E-state index contributed by atoms with van der Waals surface area (Å²) in [5, 5.41) is 12.3. The lowest BCUT2D eigenvalue weighted by Gasteiger charge is -2.21. The summed E-state index contributed by atoms with van der Waals surface area (Å²) in [6.45, 7) is 7.27. The predicted octanol–water partition coefficient (Wildman–Crippen LogP) is 6.35. The molecule has 0 fully saturated rings. The normalized spacial score (nSPS) is 14.3. The van der Waals surface area contributed by atoms with Gasteiger partial charge in [-0.1, -0.05) is 18.2 Å². The van der Waals surface area contributed by atoms with Crippen LogP contribution in [-0.4, -0.2) is 38.0 Å². The van der Waals surface area contributed by atoms with Crippen LogP contribution in [-0.2, 0) is 17.7 Å². The van der Waals surface area contributed by atoms with Crippen molar-refractivity contribution in [2.45, 2.75) is 58.7 Å². The topological polar surface area (TPSA) is 115 Å². The van der Waals surface area contributed by atoms with E-state index in [4.69, 9.17) is 4.74 Å². The van der Waals surface area contributed by atoms with E-state index in [9.17, 15) is 23.2 Å². The van der Waals surface area contributed by atoms with Gasteiger partial charge in [-0.25, -0.2) is 23.1 Å². The quantitative estimate of drug-likeness (QED) is 0.200. The number of esters is 1. The highest BCUT2D eigenvalue weighted by atomic mass is 32.1. The van der Waals surface area contributed by atoms with Crippen LogP contribution in [0.1, 0.15) is 86.8 Å². The van der Waals surface area contributed by atoms with Crippen LogP contribution in [0.4, 0.5) is 8.78 Å². The number of nitrogens with zero attached hydrogens (tertiary/aromatic N) is 3. The van der Waals surface area contributed by atoms with Crippen molar-refractivity contribution in [3.8, 4) is 10.6 Å². The van der Waals surface area contributed by atoms with Crippen LogP contribution in [0.15, 0.2) is 60.0 Å². The molecular weight excluding hydrogens is 612 g/mol. The first-order valence-electron chi connectivity index (χ1n) is 14.7. The molecule has 0 saturated heterocycles. The van der Waals surface area contributed by atoms with Crippen LogP contribution < -0.4 is 10.6 Å². The molecule has 236 valence electrons. The van der Waals surface area contributed by atoms with E-state index >= 15 is 0 Å². The summed E-state index contributed by atoms with van der Waals surface area (Å²) in [6.07, 6.45) is 1.28. The lowest BCUT2D eigenvalue weighted by Crippen LogP contribution is -2.30. The minimum absolute atomic E-state index is 0.0393. The van der Waals surface area contributed by atoms with Crippen molar-refractivity contribution in [3.05, 3.63) is 111 Å². The molecule has 6 rings (SSSR count). The molecule has 0 radical (unpaired) electrons. The summed E-state index contributed by atoms with van der Waals surface area (Å²) in [6, 6.07) is 13.4. The molecule has 12 heteroatoms. The van der Waals surface area contributed by atoms with Gasteiger partial charge < -0.3 is 15.4 Å². The van der Waals surface area contributed by atoms with Crippen LogP contribution in [0.25, 0.3) is 16.2 Å². The maximum atomic E-state index is 13.9. The zero-order valence-electron chi connectivity index (χ0n) is 25.6. The molecule has 0 saturated carbocycles. The van der Waals surface area contributed by atoms with Gasteiger partial charge in [-0.05, 0) is 92.4 Å². The van der Waals surface area contributed by atoms with Gasteiger partial charge in [0.15, 0.2) is 17.3 Å². The molecule has 1 aliphatic carbocycles. The first-order valence-corrected chi connectivity index (χ1v) is 15.6. The van der Waals surface area contributed by atoms with E-state index in [2.05, 4.69) is 20.7 Å². The summed E-state index contributed by atoms with van der Waals surface area (Å²) in [5.74, 6) is -3.46. The van der Waals surface area contributed by atoms with Crippen molar-refractivity contribution in [3.63, 3.8) is 0 Å². The van der Waals surface area contributed by atoms with Gasteiger partial charge in [0.1, 0.15) is 22.7 Å². The first kappa shape index (κ1) is 31.0. The number of amides is 2. The number of benzene rings is 2. The summed E-state index contributed by atoms with van der Waals surface area (Å²) >= 11 is 1.48. The molecule has 46 heavy (non-hydrogen) atoms. The van der Waals surface area contributed by atoms with Crippen LogP contribution in [0, 0.1) is 18.6 Å². The van der Waals surface area contributed by atoms with E-state index in [-0.39, 0.29) is 24.0 Å². The van der Waals surface area contributed by atoms with E-state index in [0.717, 1.165) is 33.7 Å². The number of hydrogen-bond donors (Lipinski definition) is 2. The zero-order chi connectivity index (χ0) is 32.7. The second-order valence-electron chi connectivity index (χ2n) is 12.1. The van der Waals surface area contributed by atoms with Crippen molar-refractivity contribution in [2.75, 3.05) is 0 Å². The molecule has 0 bridgehead atoms. The number of hydrogen-bond acceptors (Lipinski definition) is 7. The fourth-order valence-electron chi connectivity index (χ4n) is 5.54. The molecular formula is C34H31F2N5O4S. The highest BCUT2D eigenvalue weighted by Crippen LogP contribution is 2.35. The summed E-state index contributed by atoms with van der Waals surface area (Å²) in [5.41, 5.74) is 3.89. The van der Waals surface area contributed by atoms with Gasteiger partial charge in [-0.2, -0.15) is 5.10 Å². The van der Waals surface area contributed by atoms with Gasteiger partial charge in [0.2, 0.25) is 0 Å². The van der Waals surface area contributed by atoms with Gasteiger partial charge >= 0.3 is 5.97 Å². The molecule has 2 aromatic carbocycles. The van der Waals surface area contributed by atoms with Gasteiger partial charge in [0, 0.05) is 18.7 Å². The van der Waals surface area contributed by atoms with E-state index in [1.165, 1.54) is 28.0 Å². The monoisotopic (exact) mass is 643 g/mol. The maximum Gasteiger partial charge on any atom is 0.338 e. The molecule has 2 N–H and O–H groups in total. The Hall–Kier alpha value is -4.97. The lowest BCUT2D eigenvalue weighted by atomic mass is 9.97. The van der Waals surface area contributed by atoms with Gasteiger partial charge in [-0.3, -0.25) is 9.59 Å². The third-order valence-corrected chi connectivity index (χ3v) is 8.61. The fourth-order valence-corrected chi connectivity index (χ4v) is 6.22. The molecule has 3 aromatic heterocycles. The molecule has 5 aromatic rings. The van der Waals surface area contributed by atoms with Crippen molar-refractivity contribution < 1.29 is 27.9 Å². The fraction of sp³-hybridized carbons (Fsp3) is 0.265. The van der Waals surface area contributed by atoms with Crippen LogP contribution in [0.2, 0.25) is 0 Å². The average molecular weight is 644 g/mol. The van der Waals surface area contributed by atoms with E-state index in [1.807, 2.05) is 51.3 Å². The molecule has 0 spiro atoms. The molecule has 0 unspecified atom stereocenters. The van der Waals surface area contributed by atoms with Crippen LogP contribution >= 0.6 is 11.3 Å². The van der Waals surface area contributed by atoms with Gasteiger partial charge in [0.05, 0.1) is 16.5 Å². The Balaban J connectivity index is 1.29. The van der Waals surface area contributed by atoms with E-state index < -0.39 is 35.0 Å². The SMILES string of the molecule is Cc1c(C(=O)OC(C)(C)C)ccc2c1CC[C@@H]2NC(=O)c1cc(C(=O)NCc2ccc(F)c(F)c2)nc2cc(-c3cccs3)nn12. The van der Waals surface area contributed by atoms with E-state index in [0.29, 0.717) is 35.3 Å². The number of aromatic nitrogens is 3. The second kappa shape index (κ2) is 12.1. The summed E-state index contributed by atoms with van der Waals surface area (Å²) in [4.78, 5) is 45.2. The number of halogens is 2. The molecule has 1 aliphatic rings. The predicted molar refractivity (Wildman–Crippen MR) is 169 cm³/mol. The van der Waals surface area contributed by atoms with Gasteiger partial charge in [0.25, 0.3) is 11.8 Å². The third-order valence-electron chi connectivity index (χ3n) is 7.72. The smallest absolute Gasteiger partial charge is 0.338 e. The molecule has 0 aliphatic heterocycles. The van der Waals surface area contributed by atoms with Gasteiger partial charge in [-0.15, -0.1) is 11.3 Å². The number of carbonyl (C=O) groups excluding carboxylic acids is 3. The maximum absolute atomic E-state index is 13.9. The first-order chi connectivity index (χ1) is 21.9. The highest BCUT2D eigenvalue weighted by molar-refractivity contribution is 7.13. The minimum atomic E-state index is -1.02. The number of carbonyl (C=O) groups is 3. The zero-order valence-corrected chi connectivity index (χ0v) is 26.4. The Morgan fingerprint density at radius 3 is 2.57 bits per heavy atom. The van der Waals surface area contributed by atoms with Crippen molar-refractivity contribution in [1.82, 2.24) is 25.2 Å². The highest BCUT2D eigenvalue weighted by Gasteiger charge is 2.30. The lowest BCUT2D eigenvalue weighted by molar-refractivity contribution is 0.00683. The Morgan fingerprint density at radius 2 is 1.85 bits per heavy atom. The Bertz CT molecular complexity index is 2000. The summed E-state index contributed by atoms with van der Waals surface area (Å²) < 4.78 is 34.0. The van der Waals surface area contributed by atoms with Crippen LogP contribution in [0.5, 0.6) is 0 Å². The Morgan fingerprint density at radius 1 is 1.04 bits per heavy atom. The molecule has 3 heterocycles. The largest absolute Gasteiger partial charge is 0.456 e. The number of fused-ring (bicyclic) bond motifs is 2. The minimum Gasteiger partial charge on any atom is -0.456 e. The Kier molecular flexibility index (Phi) is 8.15. The number of ether oxygens (including phenoxy) is 1. The van der Waals surface area contributed by atoms with Crippen molar-refractivity contribution >= 4 is 34.8 Å². The van der Waals surface area contributed by atoms with Crippen molar-refractivity contribution in [1.29, 1.82) is 0 Å². The third kappa shape index (κ3) is 6.25. The molecule has 2 amide bonds.